The fourth-order valence-electron chi connectivity index (χ4n) is 3.12. The molecule has 1 aromatic carbocycles. The molecular formula is C19H29N3O4S. The van der Waals surface area contributed by atoms with Crippen LogP contribution in [0.5, 0.6) is 0 Å². The van der Waals surface area contributed by atoms with Gasteiger partial charge in [-0.2, -0.15) is 4.31 Å². The van der Waals surface area contributed by atoms with Gasteiger partial charge in [0.1, 0.15) is 0 Å². The van der Waals surface area contributed by atoms with Gasteiger partial charge in [-0.05, 0) is 37.3 Å². The SMILES string of the molecule is CC(C)CNC(=O)C(=O)NCC[C@H]1CCCCN1S(=O)(=O)c1ccccc1. The predicted molar refractivity (Wildman–Crippen MR) is 103 cm³/mol. The second-order valence-corrected chi connectivity index (χ2v) is 9.12. The van der Waals surface area contributed by atoms with E-state index in [0.29, 0.717) is 19.5 Å². The van der Waals surface area contributed by atoms with E-state index in [1.807, 2.05) is 13.8 Å². The van der Waals surface area contributed by atoms with E-state index in [2.05, 4.69) is 10.6 Å². The van der Waals surface area contributed by atoms with Crippen molar-refractivity contribution in [2.45, 2.75) is 50.5 Å². The summed E-state index contributed by atoms with van der Waals surface area (Å²) < 4.78 is 27.4. The number of nitrogens with zero attached hydrogens (tertiary/aromatic N) is 1. The molecule has 1 saturated heterocycles. The third kappa shape index (κ3) is 6.04. The number of benzene rings is 1. The molecule has 0 aromatic heterocycles. The number of rotatable bonds is 7. The van der Waals surface area contributed by atoms with Crippen LogP contribution in [0.3, 0.4) is 0 Å². The van der Waals surface area contributed by atoms with Gasteiger partial charge in [-0.15, -0.1) is 0 Å². The Morgan fingerprint density at radius 1 is 1.11 bits per heavy atom. The Hall–Kier alpha value is -1.93. The lowest BCUT2D eigenvalue weighted by atomic mass is 10.0. The number of carbonyl (C=O) groups excluding carboxylic acids is 2. The number of sulfonamides is 1. The molecule has 0 unspecified atom stereocenters. The van der Waals surface area contributed by atoms with Crippen molar-refractivity contribution in [2.75, 3.05) is 19.6 Å². The highest BCUT2D eigenvalue weighted by molar-refractivity contribution is 7.89. The van der Waals surface area contributed by atoms with Crippen molar-refractivity contribution in [3.63, 3.8) is 0 Å². The van der Waals surface area contributed by atoms with Crippen LogP contribution in [-0.2, 0) is 19.6 Å². The summed E-state index contributed by atoms with van der Waals surface area (Å²) in [4.78, 5) is 23.8. The molecule has 1 heterocycles. The van der Waals surface area contributed by atoms with Crippen LogP contribution in [0, 0.1) is 5.92 Å². The summed E-state index contributed by atoms with van der Waals surface area (Å²) in [5, 5.41) is 5.16. The van der Waals surface area contributed by atoms with Gasteiger partial charge in [-0.1, -0.05) is 38.5 Å². The summed E-state index contributed by atoms with van der Waals surface area (Å²) in [6.07, 6.45) is 3.01. The second-order valence-electron chi connectivity index (χ2n) is 7.23. The molecule has 0 saturated carbocycles. The summed E-state index contributed by atoms with van der Waals surface area (Å²) >= 11 is 0. The largest absolute Gasteiger partial charge is 0.348 e. The van der Waals surface area contributed by atoms with Crippen LogP contribution in [0.25, 0.3) is 0 Å². The van der Waals surface area contributed by atoms with Crippen molar-refractivity contribution in [3.8, 4) is 0 Å². The number of nitrogens with one attached hydrogen (secondary N) is 2. The van der Waals surface area contributed by atoms with E-state index in [4.69, 9.17) is 0 Å². The van der Waals surface area contributed by atoms with Crippen LogP contribution in [0.2, 0.25) is 0 Å². The molecule has 1 fully saturated rings. The Morgan fingerprint density at radius 2 is 1.78 bits per heavy atom. The number of piperidine rings is 1. The van der Waals surface area contributed by atoms with Gasteiger partial charge in [0.05, 0.1) is 4.90 Å². The minimum absolute atomic E-state index is 0.178. The Kier molecular flexibility index (Phi) is 7.79. The van der Waals surface area contributed by atoms with Crippen LogP contribution >= 0.6 is 0 Å². The van der Waals surface area contributed by atoms with Gasteiger partial charge < -0.3 is 10.6 Å². The zero-order chi connectivity index (χ0) is 19.9. The lowest BCUT2D eigenvalue weighted by Gasteiger charge is -2.34. The molecule has 0 bridgehead atoms. The molecule has 1 atom stereocenters. The minimum atomic E-state index is -3.56. The number of carbonyl (C=O) groups is 2. The zero-order valence-corrected chi connectivity index (χ0v) is 16.8. The van der Waals surface area contributed by atoms with Crippen molar-refractivity contribution >= 4 is 21.8 Å². The molecule has 27 heavy (non-hydrogen) atoms. The van der Waals surface area contributed by atoms with Gasteiger partial charge in [0.2, 0.25) is 10.0 Å². The van der Waals surface area contributed by atoms with Crippen molar-refractivity contribution in [2.24, 2.45) is 5.92 Å². The molecule has 8 heteroatoms. The number of amides is 2. The lowest BCUT2D eigenvalue weighted by molar-refractivity contribution is -0.139. The Bertz CT molecular complexity index is 735. The topological polar surface area (TPSA) is 95.6 Å². The first-order valence-electron chi connectivity index (χ1n) is 9.45. The van der Waals surface area contributed by atoms with Crippen LogP contribution in [0.15, 0.2) is 35.2 Å². The summed E-state index contributed by atoms with van der Waals surface area (Å²) in [6.45, 7) is 5.08. The van der Waals surface area contributed by atoms with Crippen molar-refractivity contribution < 1.29 is 18.0 Å². The highest BCUT2D eigenvalue weighted by atomic mass is 32.2. The van der Waals surface area contributed by atoms with Crippen LogP contribution < -0.4 is 10.6 Å². The summed E-state index contributed by atoms with van der Waals surface area (Å²) in [5.41, 5.74) is 0. The molecule has 150 valence electrons. The van der Waals surface area contributed by atoms with E-state index in [-0.39, 0.29) is 23.4 Å². The van der Waals surface area contributed by atoms with Crippen molar-refractivity contribution in [3.05, 3.63) is 30.3 Å². The van der Waals surface area contributed by atoms with E-state index in [1.54, 1.807) is 30.3 Å². The maximum absolute atomic E-state index is 12.9. The summed E-state index contributed by atoms with van der Waals surface area (Å²) in [5.74, 6) is -1.06. The van der Waals surface area contributed by atoms with E-state index in [9.17, 15) is 18.0 Å². The highest BCUT2D eigenvalue weighted by Gasteiger charge is 2.33. The molecule has 7 nitrogen and oxygen atoms in total. The standard InChI is InChI=1S/C19H29N3O4S/c1-15(2)14-21-19(24)18(23)20-12-11-16-8-6-7-13-22(16)27(25,26)17-9-4-3-5-10-17/h3-5,9-10,15-16H,6-8,11-14H2,1-2H3,(H,20,23)(H,21,24)/t16-/m1/s1. The van der Waals surface area contributed by atoms with E-state index < -0.39 is 21.8 Å². The first kappa shape index (κ1) is 21.4. The van der Waals surface area contributed by atoms with Gasteiger partial charge >= 0.3 is 11.8 Å². The molecule has 1 aliphatic heterocycles. The molecule has 2 rings (SSSR count). The van der Waals surface area contributed by atoms with E-state index in [1.165, 1.54) is 4.31 Å². The molecular weight excluding hydrogens is 366 g/mol. The maximum atomic E-state index is 12.9. The Labute approximate surface area is 161 Å². The molecule has 1 aliphatic rings. The number of hydrogen-bond acceptors (Lipinski definition) is 4. The average Bonchev–Trinajstić information content (AvgIpc) is 2.67. The highest BCUT2D eigenvalue weighted by Crippen LogP contribution is 2.26. The van der Waals surface area contributed by atoms with Crippen LogP contribution in [0.1, 0.15) is 39.5 Å². The summed E-state index contributed by atoms with van der Waals surface area (Å²) in [6, 6.07) is 8.22. The maximum Gasteiger partial charge on any atom is 0.309 e. The fraction of sp³-hybridized carbons (Fsp3) is 0.579. The molecule has 2 N–H and O–H groups in total. The first-order chi connectivity index (χ1) is 12.8. The van der Waals surface area contributed by atoms with Gasteiger partial charge in [0.25, 0.3) is 0 Å². The quantitative estimate of drug-likeness (QED) is 0.684. The van der Waals surface area contributed by atoms with Gasteiger partial charge in [-0.3, -0.25) is 9.59 Å². The number of hydrogen-bond donors (Lipinski definition) is 2. The second kappa shape index (κ2) is 9.85. The Balaban J connectivity index is 1.92. The third-order valence-electron chi connectivity index (χ3n) is 4.56. The van der Waals surface area contributed by atoms with E-state index in [0.717, 1.165) is 19.3 Å². The Morgan fingerprint density at radius 3 is 2.44 bits per heavy atom. The smallest absolute Gasteiger partial charge is 0.309 e. The van der Waals surface area contributed by atoms with E-state index >= 15 is 0 Å². The van der Waals surface area contributed by atoms with Gasteiger partial charge in [0, 0.05) is 25.7 Å². The molecule has 2 amide bonds. The van der Waals surface area contributed by atoms with Gasteiger partial charge in [0.15, 0.2) is 0 Å². The molecule has 0 radical (unpaired) electrons. The first-order valence-corrected chi connectivity index (χ1v) is 10.9. The predicted octanol–water partition coefficient (Wildman–Crippen LogP) is 1.51. The molecule has 1 aromatic rings. The van der Waals surface area contributed by atoms with Gasteiger partial charge in [-0.25, -0.2) is 8.42 Å². The fourth-order valence-corrected chi connectivity index (χ4v) is 4.86. The molecule has 0 spiro atoms. The van der Waals surface area contributed by atoms with Crippen LogP contribution in [0.4, 0.5) is 0 Å². The summed E-state index contributed by atoms with van der Waals surface area (Å²) in [7, 11) is -3.56. The molecule has 0 aliphatic carbocycles. The normalized spacial score (nSPS) is 18.3. The minimum Gasteiger partial charge on any atom is -0.348 e. The van der Waals surface area contributed by atoms with Crippen molar-refractivity contribution in [1.29, 1.82) is 0 Å². The lowest BCUT2D eigenvalue weighted by Crippen LogP contribution is -2.46. The third-order valence-corrected chi connectivity index (χ3v) is 6.53. The van der Waals surface area contributed by atoms with Crippen molar-refractivity contribution in [1.82, 2.24) is 14.9 Å². The monoisotopic (exact) mass is 395 g/mol. The zero-order valence-electron chi connectivity index (χ0n) is 16.0. The average molecular weight is 396 g/mol. The van der Waals surface area contributed by atoms with Crippen LogP contribution in [-0.4, -0.2) is 50.2 Å².